The molecule has 0 radical (unpaired) electrons. The van der Waals surface area contributed by atoms with Gasteiger partial charge in [-0.1, -0.05) is 23.9 Å². The van der Waals surface area contributed by atoms with Crippen LogP contribution in [0.25, 0.3) is 17.1 Å². The Balaban J connectivity index is 1.54. The molecular formula is C26H32N6O4S. The number of hydrogen-bond donors (Lipinski definition) is 0. The molecule has 3 aromatic rings. The Bertz CT molecular complexity index is 1250. The van der Waals surface area contributed by atoms with E-state index in [0.717, 1.165) is 17.0 Å². The first kappa shape index (κ1) is 26.3. The van der Waals surface area contributed by atoms with E-state index in [9.17, 15) is 9.59 Å². The van der Waals surface area contributed by atoms with Gasteiger partial charge in [-0.25, -0.2) is 4.79 Å². The summed E-state index contributed by atoms with van der Waals surface area (Å²) < 4.78 is 12.6. The lowest BCUT2D eigenvalue weighted by molar-refractivity contribution is -0.130. The molecule has 3 amide bonds. The second kappa shape index (κ2) is 11.5. The van der Waals surface area contributed by atoms with E-state index in [-0.39, 0.29) is 23.7 Å². The highest BCUT2D eigenvalue weighted by Crippen LogP contribution is 2.30. The van der Waals surface area contributed by atoms with Crippen molar-refractivity contribution >= 4 is 23.7 Å². The van der Waals surface area contributed by atoms with E-state index in [2.05, 4.69) is 10.2 Å². The Morgan fingerprint density at radius 3 is 2.41 bits per heavy atom. The zero-order chi connectivity index (χ0) is 26.5. The number of ether oxygens (including phenoxy) is 2. The van der Waals surface area contributed by atoms with E-state index in [1.165, 1.54) is 11.8 Å². The highest BCUT2D eigenvalue weighted by atomic mass is 32.2. The third kappa shape index (κ3) is 5.82. The minimum Gasteiger partial charge on any atom is -0.497 e. The predicted molar refractivity (Wildman–Crippen MR) is 142 cm³/mol. The number of nitrogens with zero attached hydrogens (tertiary/aromatic N) is 6. The molecule has 0 spiro atoms. The van der Waals surface area contributed by atoms with Crippen molar-refractivity contribution in [2.24, 2.45) is 0 Å². The number of benzene rings is 2. The number of thioether (sulfide) groups is 1. The summed E-state index contributed by atoms with van der Waals surface area (Å²) in [6.07, 6.45) is 0. The van der Waals surface area contributed by atoms with Crippen LogP contribution in [0.5, 0.6) is 11.5 Å². The fourth-order valence-electron chi connectivity index (χ4n) is 4.22. The maximum atomic E-state index is 13.1. The molecule has 1 aliphatic rings. The van der Waals surface area contributed by atoms with Crippen LogP contribution in [0.4, 0.5) is 4.79 Å². The number of amides is 3. The molecule has 1 unspecified atom stereocenters. The van der Waals surface area contributed by atoms with Gasteiger partial charge in [0.25, 0.3) is 0 Å². The first-order valence-electron chi connectivity index (χ1n) is 11.9. The summed E-state index contributed by atoms with van der Waals surface area (Å²) in [6, 6.07) is 15.1. The molecule has 1 aliphatic heterocycles. The largest absolute Gasteiger partial charge is 0.497 e. The van der Waals surface area contributed by atoms with Gasteiger partial charge in [0.2, 0.25) is 5.91 Å². The molecule has 0 N–H and O–H groups in total. The number of carbonyl (C=O) groups excluding carboxylic acids is 2. The molecule has 196 valence electrons. The molecule has 37 heavy (non-hydrogen) atoms. The van der Waals surface area contributed by atoms with E-state index in [1.54, 1.807) is 38.1 Å². The second-order valence-electron chi connectivity index (χ2n) is 8.92. The number of hydrogen-bond acceptors (Lipinski definition) is 7. The predicted octanol–water partition coefficient (Wildman–Crippen LogP) is 3.26. The number of rotatable bonds is 7. The zero-order valence-corrected chi connectivity index (χ0v) is 22.6. The number of piperazine rings is 1. The molecular weight excluding hydrogens is 492 g/mol. The third-order valence-corrected chi connectivity index (χ3v) is 7.14. The van der Waals surface area contributed by atoms with Crippen molar-refractivity contribution in [2.75, 3.05) is 53.7 Å². The number of aromatic nitrogens is 3. The summed E-state index contributed by atoms with van der Waals surface area (Å²) in [5, 5.41) is 9.49. The van der Waals surface area contributed by atoms with Crippen molar-refractivity contribution in [3.8, 4) is 28.6 Å². The Hall–Kier alpha value is -3.73. The Morgan fingerprint density at radius 2 is 1.76 bits per heavy atom. The van der Waals surface area contributed by atoms with Crippen LogP contribution < -0.4 is 9.47 Å². The Kier molecular flexibility index (Phi) is 8.22. The Labute approximate surface area is 221 Å². The first-order chi connectivity index (χ1) is 17.8. The van der Waals surface area contributed by atoms with Gasteiger partial charge in [-0.2, -0.15) is 0 Å². The van der Waals surface area contributed by atoms with Crippen LogP contribution in [-0.2, 0) is 4.79 Å². The fourth-order valence-corrected chi connectivity index (χ4v) is 5.07. The zero-order valence-electron chi connectivity index (χ0n) is 21.7. The van der Waals surface area contributed by atoms with E-state index >= 15 is 0 Å². The molecule has 1 fully saturated rings. The second-order valence-corrected chi connectivity index (χ2v) is 9.86. The van der Waals surface area contributed by atoms with Crippen molar-refractivity contribution in [2.45, 2.75) is 18.1 Å². The highest BCUT2D eigenvalue weighted by Gasteiger charge is 2.30. The van der Waals surface area contributed by atoms with Gasteiger partial charge in [-0.3, -0.25) is 9.36 Å². The van der Waals surface area contributed by atoms with Crippen LogP contribution in [-0.4, -0.2) is 101 Å². The quantitative estimate of drug-likeness (QED) is 0.438. The Morgan fingerprint density at radius 1 is 1.03 bits per heavy atom. The normalized spacial score (nSPS) is 15.4. The molecule has 11 heteroatoms. The van der Waals surface area contributed by atoms with Crippen LogP contribution in [0.3, 0.4) is 0 Å². The van der Waals surface area contributed by atoms with Gasteiger partial charge >= 0.3 is 6.03 Å². The summed E-state index contributed by atoms with van der Waals surface area (Å²) in [5.74, 6) is 2.31. The van der Waals surface area contributed by atoms with Gasteiger partial charge in [0, 0.05) is 51.0 Å². The molecule has 1 atom stereocenters. The van der Waals surface area contributed by atoms with Gasteiger partial charge in [0.15, 0.2) is 11.0 Å². The fraction of sp³-hybridized carbons (Fsp3) is 0.385. The minimum atomic E-state index is -0.0554. The van der Waals surface area contributed by atoms with E-state index in [1.807, 2.05) is 64.9 Å². The molecule has 2 heterocycles. The number of carbonyl (C=O) groups is 2. The smallest absolute Gasteiger partial charge is 0.319 e. The standard InChI is InChI=1S/C26H32N6O4S/c1-18-16-30(13-14-31(18)26(34)29(2)3)23(33)17-37-25-28-27-24(19-7-6-8-22(15-19)36-5)32(25)20-9-11-21(35-4)12-10-20/h6-12,15,18H,13-14,16-17H2,1-5H3. The van der Waals surface area contributed by atoms with E-state index < -0.39 is 0 Å². The molecule has 0 aliphatic carbocycles. The van der Waals surface area contributed by atoms with Crippen LogP contribution in [0.15, 0.2) is 53.7 Å². The summed E-state index contributed by atoms with van der Waals surface area (Å²) in [7, 11) is 6.72. The van der Waals surface area contributed by atoms with Crippen molar-refractivity contribution in [3.63, 3.8) is 0 Å². The van der Waals surface area contributed by atoms with Crippen molar-refractivity contribution in [1.29, 1.82) is 0 Å². The SMILES string of the molecule is COc1ccc(-n2c(SCC(=O)N3CCN(C(=O)N(C)C)C(C)C3)nnc2-c2cccc(OC)c2)cc1. The molecule has 2 aromatic carbocycles. The van der Waals surface area contributed by atoms with Crippen LogP contribution in [0.2, 0.25) is 0 Å². The summed E-state index contributed by atoms with van der Waals surface area (Å²) in [4.78, 5) is 30.7. The van der Waals surface area contributed by atoms with Gasteiger partial charge < -0.3 is 24.2 Å². The molecule has 0 bridgehead atoms. The van der Waals surface area contributed by atoms with E-state index in [0.29, 0.717) is 36.4 Å². The lowest BCUT2D eigenvalue weighted by Crippen LogP contribution is -2.57. The summed E-state index contributed by atoms with van der Waals surface area (Å²) in [6.45, 7) is 3.48. The van der Waals surface area contributed by atoms with Crippen LogP contribution in [0, 0.1) is 0 Å². The van der Waals surface area contributed by atoms with Crippen molar-refractivity contribution in [1.82, 2.24) is 29.5 Å². The van der Waals surface area contributed by atoms with Crippen LogP contribution >= 0.6 is 11.8 Å². The summed E-state index contributed by atoms with van der Waals surface area (Å²) in [5.41, 5.74) is 1.69. The summed E-state index contributed by atoms with van der Waals surface area (Å²) >= 11 is 1.34. The maximum Gasteiger partial charge on any atom is 0.319 e. The maximum absolute atomic E-state index is 13.1. The van der Waals surface area contributed by atoms with Gasteiger partial charge in [0.05, 0.1) is 20.0 Å². The average molecular weight is 525 g/mol. The van der Waals surface area contributed by atoms with Gasteiger partial charge in [-0.05, 0) is 43.3 Å². The molecule has 0 saturated carbocycles. The molecule has 4 rings (SSSR count). The number of methoxy groups -OCH3 is 2. The molecule has 10 nitrogen and oxygen atoms in total. The lowest BCUT2D eigenvalue weighted by Gasteiger charge is -2.40. The first-order valence-corrected chi connectivity index (χ1v) is 12.9. The average Bonchev–Trinajstić information content (AvgIpc) is 3.35. The van der Waals surface area contributed by atoms with Crippen molar-refractivity contribution < 1.29 is 19.1 Å². The topological polar surface area (TPSA) is 93.0 Å². The lowest BCUT2D eigenvalue weighted by atomic mass is 10.2. The van der Waals surface area contributed by atoms with Gasteiger partial charge in [0.1, 0.15) is 11.5 Å². The van der Waals surface area contributed by atoms with Gasteiger partial charge in [-0.15, -0.1) is 10.2 Å². The number of urea groups is 1. The minimum absolute atomic E-state index is 0.000938. The van der Waals surface area contributed by atoms with Crippen molar-refractivity contribution in [3.05, 3.63) is 48.5 Å². The van der Waals surface area contributed by atoms with Crippen LogP contribution in [0.1, 0.15) is 6.92 Å². The van der Waals surface area contributed by atoms with E-state index in [4.69, 9.17) is 9.47 Å². The molecule has 1 saturated heterocycles. The molecule has 1 aromatic heterocycles. The third-order valence-electron chi connectivity index (χ3n) is 6.23. The monoisotopic (exact) mass is 524 g/mol. The highest BCUT2D eigenvalue weighted by molar-refractivity contribution is 7.99.